The monoisotopic (exact) mass is 366 g/mol. The summed E-state index contributed by atoms with van der Waals surface area (Å²) in [6, 6.07) is 15.7. The lowest BCUT2D eigenvalue weighted by molar-refractivity contribution is -0.138. The summed E-state index contributed by atoms with van der Waals surface area (Å²) < 4.78 is 5.61. The molecule has 0 N–H and O–H groups in total. The largest absolute Gasteiger partial charge is 0.444 e. The van der Waals surface area contributed by atoms with Crippen molar-refractivity contribution >= 4 is 23.5 Å². The number of anilines is 1. The van der Waals surface area contributed by atoms with Crippen LogP contribution in [-0.4, -0.2) is 43.3 Å². The van der Waals surface area contributed by atoms with Crippen molar-refractivity contribution in [3.05, 3.63) is 65.7 Å². The van der Waals surface area contributed by atoms with Gasteiger partial charge in [-0.3, -0.25) is 9.59 Å². The number of likely N-dealkylation sites (N-methyl/N-ethyl adjacent to an activating group) is 1. The highest BCUT2D eigenvalue weighted by Gasteiger charge is 2.30. The molecule has 1 fully saturated rings. The maximum atomic E-state index is 12.9. The van der Waals surface area contributed by atoms with Crippen molar-refractivity contribution in [1.29, 1.82) is 0 Å². The van der Waals surface area contributed by atoms with Gasteiger partial charge >= 0.3 is 5.97 Å². The molecule has 2 aromatic rings. The van der Waals surface area contributed by atoms with E-state index in [0.29, 0.717) is 24.2 Å². The van der Waals surface area contributed by atoms with E-state index in [4.69, 9.17) is 4.74 Å². The summed E-state index contributed by atoms with van der Waals surface area (Å²) in [7, 11) is 3.23. The Kier molecular flexibility index (Phi) is 5.54. The number of esters is 1. The molecule has 1 heterocycles. The van der Waals surface area contributed by atoms with Crippen LogP contribution in [0.5, 0.6) is 0 Å². The van der Waals surface area contributed by atoms with Gasteiger partial charge in [-0.2, -0.15) is 0 Å². The minimum absolute atomic E-state index is 0.0146. The summed E-state index contributed by atoms with van der Waals surface area (Å²) in [5.41, 5.74) is 1.40. The van der Waals surface area contributed by atoms with E-state index < -0.39 is 12.1 Å². The number of carbonyl (C=O) groups is 3. The Morgan fingerprint density at radius 3 is 2.33 bits per heavy atom. The minimum Gasteiger partial charge on any atom is -0.444 e. The Morgan fingerprint density at radius 2 is 1.70 bits per heavy atom. The van der Waals surface area contributed by atoms with Crippen LogP contribution in [0.2, 0.25) is 0 Å². The predicted molar refractivity (Wildman–Crippen MR) is 101 cm³/mol. The lowest BCUT2D eigenvalue weighted by Crippen LogP contribution is -2.32. The molecule has 0 aliphatic carbocycles. The molecule has 0 unspecified atom stereocenters. The van der Waals surface area contributed by atoms with Crippen molar-refractivity contribution in [3.8, 4) is 0 Å². The number of rotatable bonds is 5. The fraction of sp³-hybridized carbons (Fsp3) is 0.286. The Morgan fingerprint density at radius 1 is 1.04 bits per heavy atom. The topological polar surface area (TPSA) is 66.9 Å². The maximum Gasteiger partial charge on any atom is 0.341 e. The van der Waals surface area contributed by atoms with Crippen LogP contribution in [0.3, 0.4) is 0 Å². The quantitative estimate of drug-likeness (QED) is 0.763. The second-order valence-electron chi connectivity index (χ2n) is 6.59. The molecule has 1 saturated heterocycles. The number of ether oxygens (including phenoxy) is 1. The van der Waals surface area contributed by atoms with Gasteiger partial charge in [0.05, 0.1) is 11.3 Å². The van der Waals surface area contributed by atoms with Gasteiger partial charge < -0.3 is 14.5 Å². The molecule has 0 radical (unpaired) electrons. The average molecular weight is 366 g/mol. The highest BCUT2D eigenvalue weighted by molar-refractivity contribution is 6.04. The molecule has 0 bridgehead atoms. The SMILES string of the molecule is CN(C)C(=O)[C@@H](OC(=O)c1ccccc1N1CCCC1=O)c1ccccc1. The lowest BCUT2D eigenvalue weighted by Gasteiger charge is -2.23. The van der Waals surface area contributed by atoms with Crippen molar-refractivity contribution < 1.29 is 19.1 Å². The number of carbonyl (C=O) groups excluding carboxylic acids is 3. The van der Waals surface area contributed by atoms with E-state index in [2.05, 4.69) is 0 Å². The number of para-hydroxylation sites is 1. The van der Waals surface area contributed by atoms with E-state index in [1.165, 1.54) is 4.90 Å². The molecule has 0 spiro atoms. The fourth-order valence-electron chi connectivity index (χ4n) is 3.08. The third-order valence-corrected chi connectivity index (χ3v) is 4.48. The smallest absolute Gasteiger partial charge is 0.341 e. The third-order valence-electron chi connectivity index (χ3n) is 4.48. The zero-order valence-corrected chi connectivity index (χ0v) is 15.4. The molecular formula is C21H22N2O4. The predicted octanol–water partition coefficient (Wildman–Crippen LogP) is 2.80. The summed E-state index contributed by atoms with van der Waals surface area (Å²) in [5.74, 6) is -0.974. The number of amides is 2. The molecule has 3 rings (SSSR count). The van der Waals surface area contributed by atoms with E-state index >= 15 is 0 Å². The average Bonchev–Trinajstić information content (AvgIpc) is 3.11. The van der Waals surface area contributed by atoms with Gasteiger partial charge in [0.25, 0.3) is 5.91 Å². The van der Waals surface area contributed by atoms with E-state index in [-0.39, 0.29) is 17.4 Å². The number of hydrogen-bond acceptors (Lipinski definition) is 4. The molecule has 1 atom stereocenters. The zero-order valence-electron chi connectivity index (χ0n) is 15.4. The van der Waals surface area contributed by atoms with Gasteiger partial charge in [-0.1, -0.05) is 42.5 Å². The maximum absolute atomic E-state index is 12.9. The summed E-state index contributed by atoms with van der Waals surface area (Å²) >= 11 is 0. The van der Waals surface area contributed by atoms with Gasteiger partial charge in [0.1, 0.15) is 0 Å². The number of benzene rings is 2. The standard InChI is InChI=1S/C21H22N2O4/c1-22(2)20(25)19(15-9-4-3-5-10-15)27-21(26)16-11-6-7-12-17(16)23-14-8-13-18(23)24/h3-7,9-12,19H,8,13-14H2,1-2H3/t19-/m0/s1. The minimum atomic E-state index is -1.05. The van der Waals surface area contributed by atoms with Crippen LogP contribution in [0.1, 0.15) is 34.9 Å². The normalized spacial score (nSPS) is 14.7. The Hall–Kier alpha value is -3.15. The molecule has 6 nitrogen and oxygen atoms in total. The Labute approximate surface area is 158 Å². The van der Waals surface area contributed by atoms with Crippen molar-refractivity contribution in [2.75, 3.05) is 25.5 Å². The summed E-state index contributed by atoms with van der Waals surface area (Å²) in [6.45, 7) is 0.571. The van der Waals surface area contributed by atoms with Crippen molar-refractivity contribution in [3.63, 3.8) is 0 Å². The van der Waals surface area contributed by atoms with Gasteiger partial charge in [0.2, 0.25) is 12.0 Å². The Balaban J connectivity index is 1.91. The van der Waals surface area contributed by atoms with Crippen molar-refractivity contribution in [2.45, 2.75) is 18.9 Å². The van der Waals surface area contributed by atoms with E-state index in [0.717, 1.165) is 6.42 Å². The van der Waals surface area contributed by atoms with Crippen LogP contribution in [-0.2, 0) is 14.3 Å². The van der Waals surface area contributed by atoms with E-state index in [9.17, 15) is 14.4 Å². The summed E-state index contributed by atoms with van der Waals surface area (Å²) in [6.07, 6.45) is 0.180. The highest BCUT2D eigenvalue weighted by atomic mass is 16.5. The number of hydrogen-bond donors (Lipinski definition) is 0. The molecule has 1 aliphatic rings. The first-order valence-corrected chi connectivity index (χ1v) is 8.85. The van der Waals surface area contributed by atoms with Crippen molar-refractivity contribution in [1.82, 2.24) is 4.90 Å². The number of nitrogens with zero attached hydrogens (tertiary/aromatic N) is 2. The molecular weight excluding hydrogens is 344 g/mol. The van der Waals surface area contributed by atoms with E-state index in [1.807, 2.05) is 6.07 Å². The van der Waals surface area contributed by atoms with Gasteiger partial charge in [-0.05, 0) is 18.6 Å². The van der Waals surface area contributed by atoms with Gasteiger partial charge in [0.15, 0.2) is 0 Å². The molecule has 140 valence electrons. The molecule has 6 heteroatoms. The Bertz CT molecular complexity index is 848. The van der Waals surface area contributed by atoms with Crippen LogP contribution in [0.25, 0.3) is 0 Å². The zero-order chi connectivity index (χ0) is 19.4. The molecule has 1 aliphatic heterocycles. The van der Waals surface area contributed by atoms with Crippen molar-refractivity contribution in [2.24, 2.45) is 0 Å². The highest BCUT2D eigenvalue weighted by Crippen LogP contribution is 2.28. The molecule has 2 amide bonds. The molecule has 0 aromatic heterocycles. The first-order chi connectivity index (χ1) is 13.0. The van der Waals surface area contributed by atoms with Crippen LogP contribution in [0, 0.1) is 0 Å². The van der Waals surface area contributed by atoms with Gasteiger partial charge in [0, 0.05) is 32.6 Å². The third kappa shape index (κ3) is 4.00. The van der Waals surface area contributed by atoms with E-state index in [1.54, 1.807) is 67.5 Å². The van der Waals surface area contributed by atoms with Crippen LogP contribution in [0.4, 0.5) is 5.69 Å². The molecule has 2 aromatic carbocycles. The first-order valence-electron chi connectivity index (χ1n) is 8.85. The second-order valence-corrected chi connectivity index (χ2v) is 6.59. The molecule has 0 saturated carbocycles. The van der Waals surface area contributed by atoms with Gasteiger partial charge in [-0.25, -0.2) is 4.79 Å². The molecule has 27 heavy (non-hydrogen) atoms. The summed E-state index contributed by atoms with van der Waals surface area (Å²) in [4.78, 5) is 40.6. The van der Waals surface area contributed by atoms with Crippen LogP contribution >= 0.6 is 0 Å². The fourth-order valence-corrected chi connectivity index (χ4v) is 3.08. The summed E-state index contributed by atoms with van der Waals surface area (Å²) in [5, 5.41) is 0. The van der Waals surface area contributed by atoms with Crippen LogP contribution in [0.15, 0.2) is 54.6 Å². The second kappa shape index (κ2) is 8.03. The first kappa shape index (κ1) is 18.6. The van der Waals surface area contributed by atoms with Gasteiger partial charge in [-0.15, -0.1) is 0 Å². The van der Waals surface area contributed by atoms with Crippen LogP contribution < -0.4 is 4.90 Å². The lowest BCUT2D eigenvalue weighted by atomic mass is 10.1.